The van der Waals surface area contributed by atoms with Gasteiger partial charge in [0, 0.05) is 36.2 Å². The van der Waals surface area contributed by atoms with Crippen LogP contribution in [0.5, 0.6) is 0 Å². The normalized spacial score (nSPS) is 10.0. The van der Waals surface area contributed by atoms with Gasteiger partial charge < -0.3 is 0 Å². The first kappa shape index (κ1) is 59.3. The van der Waals surface area contributed by atoms with E-state index < -0.39 is 0 Å². The standard InChI is InChI=1S/C12H18.2C11H17N.C10H16N2.4C2H6/c1-9(2)11-7-5-6-8-12(11)10(3)4;1-8(2)10-5-6-12-7-11(10)9(3)4;1-8(2)10-6-5-7-12-11(10)9(3)4;1-7(2)9-5-11-6-12-10(9)8(3)4;4*1-2/h5-10H,1-4H3;2*5-9H,1-4H3;5-8H,1-4H3;4*1-2H3. The molecule has 0 atom stereocenters. The summed E-state index contributed by atoms with van der Waals surface area (Å²) in [5.41, 5.74) is 10.9. The molecule has 0 N–H and O–H groups in total. The van der Waals surface area contributed by atoms with Gasteiger partial charge in [-0.15, -0.1) is 0 Å². The van der Waals surface area contributed by atoms with Gasteiger partial charge in [0.2, 0.25) is 0 Å². The number of benzene rings is 1. The van der Waals surface area contributed by atoms with Crippen LogP contribution in [-0.2, 0) is 0 Å². The molecule has 0 radical (unpaired) electrons. The predicted octanol–water partition coefficient (Wildman–Crippen LogP) is 17.4. The Hall–Kier alpha value is -3.40. The molecular formula is C52H92N4. The van der Waals surface area contributed by atoms with Crippen LogP contribution in [0.4, 0.5) is 0 Å². The van der Waals surface area contributed by atoms with Crippen molar-refractivity contribution in [1.82, 2.24) is 19.9 Å². The minimum absolute atomic E-state index is 0.491. The summed E-state index contributed by atoms with van der Waals surface area (Å²) in [7, 11) is 0. The van der Waals surface area contributed by atoms with Crippen LogP contribution < -0.4 is 0 Å². The van der Waals surface area contributed by atoms with Crippen molar-refractivity contribution in [2.45, 2.75) is 214 Å². The molecule has 1 aromatic carbocycles. The maximum absolute atomic E-state index is 4.40. The Morgan fingerprint density at radius 2 is 0.643 bits per heavy atom. The van der Waals surface area contributed by atoms with Gasteiger partial charge in [-0.3, -0.25) is 9.97 Å². The Morgan fingerprint density at radius 1 is 0.304 bits per heavy atom. The summed E-state index contributed by atoms with van der Waals surface area (Å²) in [4.78, 5) is 16.9. The van der Waals surface area contributed by atoms with Gasteiger partial charge in [-0.25, -0.2) is 9.97 Å². The van der Waals surface area contributed by atoms with Crippen molar-refractivity contribution in [1.29, 1.82) is 0 Å². The van der Waals surface area contributed by atoms with E-state index in [4.69, 9.17) is 0 Å². The van der Waals surface area contributed by atoms with E-state index in [0.29, 0.717) is 47.3 Å². The zero-order valence-electron chi connectivity index (χ0n) is 41.3. The highest BCUT2D eigenvalue weighted by molar-refractivity contribution is 5.32. The largest absolute Gasteiger partial charge is 0.264 e. The fourth-order valence-corrected chi connectivity index (χ4v) is 5.67. The molecule has 3 heterocycles. The Kier molecular flexibility index (Phi) is 38.1. The summed E-state index contributed by atoms with van der Waals surface area (Å²) in [5, 5.41) is 0. The third kappa shape index (κ3) is 23.6. The maximum Gasteiger partial charge on any atom is 0.115 e. The second-order valence-electron chi connectivity index (χ2n) is 15.2. The molecule has 0 aliphatic heterocycles. The number of hydrogen-bond acceptors (Lipinski definition) is 4. The van der Waals surface area contributed by atoms with Gasteiger partial charge in [-0.1, -0.05) is 197 Å². The average Bonchev–Trinajstić information content (AvgIpc) is 3.21. The third-order valence-corrected chi connectivity index (χ3v) is 8.35. The monoisotopic (exact) mass is 773 g/mol. The van der Waals surface area contributed by atoms with Crippen molar-refractivity contribution in [2.24, 2.45) is 0 Å². The third-order valence-electron chi connectivity index (χ3n) is 8.35. The van der Waals surface area contributed by atoms with Gasteiger partial charge in [0.05, 0.1) is 0 Å². The summed E-state index contributed by atoms with van der Waals surface area (Å²) in [6.45, 7) is 51.3. The molecule has 4 heteroatoms. The van der Waals surface area contributed by atoms with Crippen molar-refractivity contribution in [3.05, 3.63) is 118 Å². The quantitative estimate of drug-likeness (QED) is 0.179. The number of rotatable bonds is 8. The maximum atomic E-state index is 4.40. The first-order valence-electron chi connectivity index (χ1n) is 22.3. The minimum atomic E-state index is 0.491. The summed E-state index contributed by atoms with van der Waals surface area (Å²) < 4.78 is 0. The molecule has 4 nitrogen and oxygen atoms in total. The number of pyridine rings is 2. The molecule has 4 rings (SSSR count). The smallest absolute Gasteiger partial charge is 0.115 e. The van der Waals surface area contributed by atoms with E-state index in [-0.39, 0.29) is 0 Å². The van der Waals surface area contributed by atoms with E-state index >= 15 is 0 Å². The van der Waals surface area contributed by atoms with Crippen LogP contribution in [0.2, 0.25) is 0 Å². The number of aromatic nitrogens is 4. The topological polar surface area (TPSA) is 51.6 Å². The molecule has 0 saturated carbocycles. The Balaban J connectivity index is -0.000000303. The van der Waals surface area contributed by atoms with Crippen molar-refractivity contribution < 1.29 is 0 Å². The number of nitrogens with zero attached hydrogens (tertiary/aromatic N) is 4. The van der Waals surface area contributed by atoms with Crippen LogP contribution in [0.25, 0.3) is 0 Å². The van der Waals surface area contributed by atoms with Gasteiger partial charge in [0.1, 0.15) is 6.33 Å². The molecule has 0 spiro atoms. The highest BCUT2D eigenvalue weighted by Gasteiger charge is 2.12. The van der Waals surface area contributed by atoms with E-state index in [1.165, 1.54) is 44.8 Å². The fraction of sp³-hybridized carbons (Fsp3) is 0.615. The van der Waals surface area contributed by atoms with Gasteiger partial charge in [-0.05, 0) is 92.9 Å². The molecule has 0 amide bonds. The highest BCUT2D eigenvalue weighted by Crippen LogP contribution is 2.27. The second-order valence-corrected chi connectivity index (χ2v) is 15.2. The van der Waals surface area contributed by atoms with E-state index in [1.807, 2.05) is 86.2 Å². The van der Waals surface area contributed by atoms with E-state index in [2.05, 4.69) is 167 Å². The van der Waals surface area contributed by atoms with E-state index in [0.717, 1.165) is 0 Å². The molecular weight excluding hydrogens is 681 g/mol. The lowest BCUT2D eigenvalue weighted by molar-refractivity contribution is 0.746. The minimum Gasteiger partial charge on any atom is -0.264 e. The average molecular weight is 773 g/mol. The van der Waals surface area contributed by atoms with Gasteiger partial charge >= 0.3 is 0 Å². The lowest BCUT2D eigenvalue weighted by atomic mass is 9.91. The molecule has 0 bridgehead atoms. The van der Waals surface area contributed by atoms with Gasteiger partial charge in [0.15, 0.2) is 0 Å². The molecule has 4 aromatic rings. The Morgan fingerprint density at radius 3 is 0.964 bits per heavy atom. The lowest BCUT2D eigenvalue weighted by Crippen LogP contribution is -2.02. The first-order chi connectivity index (χ1) is 26.5. The molecule has 56 heavy (non-hydrogen) atoms. The highest BCUT2D eigenvalue weighted by atomic mass is 14.8. The number of hydrogen-bond donors (Lipinski definition) is 0. The van der Waals surface area contributed by atoms with Crippen molar-refractivity contribution in [2.75, 3.05) is 0 Å². The van der Waals surface area contributed by atoms with Crippen LogP contribution in [0.1, 0.15) is 258 Å². The zero-order valence-corrected chi connectivity index (χ0v) is 41.3. The van der Waals surface area contributed by atoms with Gasteiger partial charge in [0.25, 0.3) is 0 Å². The van der Waals surface area contributed by atoms with Crippen molar-refractivity contribution >= 4 is 0 Å². The summed E-state index contributed by atoms with van der Waals surface area (Å²) >= 11 is 0. The second kappa shape index (κ2) is 36.0. The lowest BCUT2D eigenvalue weighted by Gasteiger charge is -2.14. The van der Waals surface area contributed by atoms with Crippen LogP contribution in [0.15, 0.2) is 73.6 Å². The van der Waals surface area contributed by atoms with Crippen LogP contribution in [0.3, 0.4) is 0 Å². The molecule has 0 aliphatic rings. The first-order valence-corrected chi connectivity index (χ1v) is 22.3. The van der Waals surface area contributed by atoms with E-state index in [9.17, 15) is 0 Å². The Labute approximate surface area is 350 Å². The molecule has 0 aliphatic carbocycles. The summed E-state index contributed by atoms with van der Waals surface area (Å²) in [6.07, 6.45) is 9.29. The SMILES string of the molecule is CC.CC.CC.CC.CC(C)c1ccccc1C(C)C.CC(C)c1cccnc1C(C)C.CC(C)c1ccncc1C(C)C.CC(C)c1cncnc1C(C)C. The van der Waals surface area contributed by atoms with Gasteiger partial charge in [-0.2, -0.15) is 0 Å². The van der Waals surface area contributed by atoms with Crippen LogP contribution in [-0.4, -0.2) is 19.9 Å². The molecule has 0 saturated heterocycles. The summed E-state index contributed by atoms with van der Waals surface area (Å²) in [6, 6.07) is 15.0. The van der Waals surface area contributed by atoms with Crippen molar-refractivity contribution in [3.8, 4) is 0 Å². The zero-order chi connectivity index (χ0) is 44.6. The van der Waals surface area contributed by atoms with Crippen LogP contribution in [0, 0.1) is 0 Å². The Bertz CT molecular complexity index is 1120. The molecule has 0 unspecified atom stereocenters. The van der Waals surface area contributed by atoms with Crippen molar-refractivity contribution in [3.63, 3.8) is 0 Å². The predicted molar refractivity (Wildman–Crippen MR) is 255 cm³/mol. The molecule has 3 aromatic heterocycles. The van der Waals surface area contributed by atoms with E-state index in [1.54, 1.807) is 6.33 Å². The molecule has 320 valence electrons. The summed E-state index contributed by atoms with van der Waals surface area (Å²) in [5.74, 6) is 4.59. The molecule has 0 fully saturated rings. The fourth-order valence-electron chi connectivity index (χ4n) is 5.67. The van der Waals surface area contributed by atoms with Crippen LogP contribution >= 0.6 is 0 Å².